The molecule has 198 valence electrons. The van der Waals surface area contributed by atoms with Gasteiger partial charge in [0.25, 0.3) is 0 Å². The highest BCUT2D eigenvalue weighted by Gasteiger charge is 2.26. The number of aromatic nitrogens is 2. The Hall–Kier alpha value is -2.99. The SMILES string of the molecule is COCCCS(=O)(=O)c1ccc(Oc2ncnc(OC3CCN(C(=O)OC(C)C)CC3)c2C)c(F)c1. The van der Waals surface area contributed by atoms with Crippen LogP contribution in [0.2, 0.25) is 0 Å². The average Bonchev–Trinajstić information content (AvgIpc) is 2.83. The van der Waals surface area contributed by atoms with E-state index in [2.05, 4.69) is 9.97 Å². The standard InChI is InChI=1S/C24H32FN3O7S/c1-16(2)33-24(29)28-10-8-18(9-11-28)34-22-17(3)23(27-15-26-22)35-21-7-6-19(14-20(21)25)36(30,31)13-5-12-32-4/h6-7,14-16,18H,5,8-13H2,1-4H3. The van der Waals surface area contributed by atoms with Crippen LogP contribution in [0, 0.1) is 12.7 Å². The summed E-state index contributed by atoms with van der Waals surface area (Å²) in [5, 5.41) is 0. The van der Waals surface area contributed by atoms with Crippen molar-refractivity contribution in [3.05, 3.63) is 35.9 Å². The van der Waals surface area contributed by atoms with Crippen molar-refractivity contribution in [2.24, 2.45) is 0 Å². The van der Waals surface area contributed by atoms with Gasteiger partial charge >= 0.3 is 6.09 Å². The second-order valence-electron chi connectivity index (χ2n) is 8.71. The Bertz CT molecular complexity index is 1150. The molecule has 1 aliphatic heterocycles. The Labute approximate surface area is 210 Å². The molecule has 1 aliphatic rings. The van der Waals surface area contributed by atoms with Crippen molar-refractivity contribution in [3.63, 3.8) is 0 Å². The first-order chi connectivity index (χ1) is 17.1. The number of carbonyl (C=O) groups is 1. The van der Waals surface area contributed by atoms with Crippen molar-refractivity contribution in [2.75, 3.05) is 32.6 Å². The normalized spacial score (nSPS) is 14.7. The van der Waals surface area contributed by atoms with Gasteiger partial charge in [0.1, 0.15) is 12.4 Å². The molecule has 10 nitrogen and oxygen atoms in total. The molecule has 1 aromatic carbocycles. The number of amides is 1. The monoisotopic (exact) mass is 525 g/mol. The van der Waals surface area contributed by atoms with E-state index in [1.54, 1.807) is 25.7 Å². The number of benzene rings is 1. The van der Waals surface area contributed by atoms with E-state index < -0.39 is 15.7 Å². The minimum Gasteiger partial charge on any atom is -0.474 e. The molecule has 3 rings (SSSR count). The lowest BCUT2D eigenvalue weighted by Gasteiger charge is -2.31. The van der Waals surface area contributed by atoms with Gasteiger partial charge in [0, 0.05) is 39.6 Å². The summed E-state index contributed by atoms with van der Waals surface area (Å²) in [6.07, 6.45) is 2.06. The van der Waals surface area contributed by atoms with E-state index in [0.717, 1.165) is 6.07 Å². The maximum absolute atomic E-state index is 14.7. The van der Waals surface area contributed by atoms with E-state index in [1.807, 2.05) is 0 Å². The van der Waals surface area contributed by atoms with Crippen LogP contribution in [0.15, 0.2) is 29.4 Å². The Morgan fingerprint density at radius 1 is 1.19 bits per heavy atom. The number of ether oxygens (including phenoxy) is 4. The fourth-order valence-electron chi connectivity index (χ4n) is 3.60. The summed E-state index contributed by atoms with van der Waals surface area (Å²) in [4.78, 5) is 21.8. The molecule has 2 heterocycles. The predicted molar refractivity (Wildman–Crippen MR) is 129 cm³/mol. The molecule has 0 unspecified atom stereocenters. The van der Waals surface area contributed by atoms with Crippen LogP contribution in [0.5, 0.6) is 17.5 Å². The maximum Gasteiger partial charge on any atom is 0.410 e. The Balaban J connectivity index is 1.64. The van der Waals surface area contributed by atoms with E-state index in [4.69, 9.17) is 18.9 Å². The largest absolute Gasteiger partial charge is 0.474 e. The zero-order chi connectivity index (χ0) is 26.3. The lowest BCUT2D eigenvalue weighted by Crippen LogP contribution is -2.42. The van der Waals surface area contributed by atoms with Crippen molar-refractivity contribution in [3.8, 4) is 17.5 Å². The second kappa shape index (κ2) is 12.3. The van der Waals surface area contributed by atoms with E-state index in [-0.39, 0.29) is 40.6 Å². The first-order valence-corrected chi connectivity index (χ1v) is 13.4. The van der Waals surface area contributed by atoms with Crippen LogP contribution in [0.1, 0.15) is 38.7 Å². The van der Waals surface area contributed by atoms with Gasteiger partial charge in [-0.1, -0.05) is 0 Å². The number of rotatable bonds is 10. The Kier molecular flexibility index (Phi) is 9.43. The summed E-state index contributed by atoms with van der Waals surface area (Å²) in [6.45, 7) is 6.58. The fourth-order valence-corrected chi connectivity index (χ4v) is 4.90. The Morgan fingerprint density at radius 2 is 1.89 bits per heavy atom. The van der Waals surface area contributed by atoms with Gasteiger partial charge in [0.05, 0.1) is 22.3 Å². The zero-order valence-electron chi connectivity index (χ0n) is 20.9. The van der Waals surface area contributed by atoms with Gasteiger partial charge < -0.3 is 23.8 Å². The third-order valence-electron chi connectivity index (χ3n) is 5.54. The molecule has 0 bridgehead atoms. The van der Waals surface area contributed by atoms with Crippen molar-refractivity contribution >= 4 is 15.9 Å². The summed E-state index contributed by atoms with van der Waals surface area (Å²) in [5.41, 5.74) is 0.467. The van der Waals surface area contributed by atoms with Crippen LogP contribution >= 0.6 is 0 Å². The van der Waals surface area contributed by atoms with Gasteiger partial charge in [-0.05, 0) is 45.4 Å². The van der Waals surface area contributed by atoms with Crippen molar-refractivity contribution in [1.82, 2.24) is 14.9 Å². The maximum atomic E-state index is 14.7. The molecule has 1 saturated heterocycles. The van der Waals surface area contributed by atoms with Gasteiger partial charge in [-0.15, -0.1) is 0 Å². The molecule has 0 atom stereocenters. The van der Waals surface area contributed by atoms with Crippen LogP contribution in [0.3, 0.4) is 0 Å². The molecule has 1 amide bonds. The molecule has 0 saturated carbocycles. The van der Waals surface area contributed by atoms with Crippen molar-refractivity contribution in [2.45, 2.75) is 57.1 Å². The third kappa shape index (κ3) is 7.26. The van der Waals surface area contributed by atoms with E-state index in [0.29, 0.717) is 50.4 Å². The minimum absolute atomic E-state index is 0.0903. The van der Waals surface area contributed by atoms with E-state index in [1.165, 1.54) is 25.6 Å². The van der Waals surface area contributed by atoms with Crippen LogP contribution in [0.25, 0.3) is 0 Å². The summed E-state index contributed by atoms with van der Waals surface area (Å²) in [6, 6.07) is 3.49. The zero-order valence-corrected chi connectivity index (χ0v) is 21.7. The van der Waals surface area contributed by atoms with Crippen LogP contribution < -0.4 is 9.47 Å². The quantitative estimate of drug-likeness (QED) is 0.426. The smallest absolute Gasteiger partial charge is 0.410 e. The summed E-state index contributed by atoms with van der Waals surface area (Å²) < 4.78 is 61.3. The highest BCUT2D eigenvalue weighted by atomic mass is 32.2. The van der Waals surface area contributed by atoms with Gasteiger partial charge in [0.2, 0.25) is 11.8 Å². The van der Waals surface area contributed by atoms with Gasteiger partial charge in [-0.3, -0.25) is 0 Å². The molecular formula is C24H32FN3O7S. The van der Waals surface area contributed by atoms with Gasteiger partial charge in [-0.25, -0.2) is 27.6 Å². The summed E-state index contributed by atoms with van der Waals surface area (Å²) in [7, 11) is -2.16. The molecule has 1 aromatic heterocycles. The second-order valence-corrected chi connectivity index (χ2v) is 10.8. The number of piperidine rings is 1. The summed E-state index contributed by atoms with van der Waals surface area (Å²) >= 11 is 0. The average molecular weight is 526 g/mol. The molecule has 12 heteroatoms. The lowest BCUT2D eigenvalue weighted by molar-refractivity contribution is 0.0505. The van der Waals surface area contributed by atoms with Crippen LogP contribution in [0.4, 0.5) is 9.18 Å². The highest BCUT2D eigenvalue weighted by Crippen LogP contribution is 2.31. The Morgan fingerprint density at radius 3 is 2.53 bits per heavy atom. The number of sulfone groups is 1. The molecule has 0 N–H and O–H groups in total. The molecule has 0 aliphatic carbocycles. The lowest BCUT2D eigenvalue weighted by atomic mass is 10.1. The number of likely N-dealkylation sites (tertiary alicyclic amines) is 1. The fraction of sp³-hybridized carbons (Fsp3) is 0.542. The van der Waals surface area contributed by atoms with E-state index in [9.17, 15) is 17.6 Å². The molecule has 36 heavy (non-hydrogen) atoms. The van der Waals surface area contributed by atoms with Gasteiger partial charge in [-0.2, -0.15) is 0 Å². The summed E-state index contributed by atoms with van der Waals surface area (Å²) in [5.74, 6) is -0.766. The topological polar surface area (TPSA) is 117 Å². The number of halogens is 1. The van der Waals surface area contributed by atoms with Crippen molar-refractivity contribution in [1.29, 1.82) is 0 Å². The molecule has 2 aromatic rings. The first kappa shape index (κ1) is 27.6. The molecule has 1 fully saturated rings. The van der Waals surface area contributed by atoms with E-state index >= 15 is 0 Å². The predicted octanol–water partition coefficient (Wildman–Crippen LogP) is 3.91. The number of nitrogens with zero attached hydrogens (tertiary/aromatic N) is 3. The van der Waals surface area contributed by atoms with Gasteiger partial charge in [0.15, 0.2) is 21.4 Å². The molecular weight excluding hydrogens is 493 g/mol. The molecule has 0 radical (unpaired) electrons. The van der Waals surface area contributed by atoms with Crippen LogP contribution in [-0.4, -0.2) is 74.1 Å². The number of hydrogen-bond acceptors (Lipinski definition) is 9. The number of hydrogen-bond donors (Lipinski definition) is 0. The number of methoxy groups -OCH3 is 1. The first-order valence-electron chi connectivity index (χ1n) is 11.7. The van der Waals surface area contributed by atoms with Crippen molar-refractivity contribution < 1.29 is 36.6 Å². The van der Waals surface area contributed by atoms with Crippen LogP contribution in [-0.2, 0) is 19.3 Å². The number of carbonyl (C=O) groups excluding carboxylic acids is 1. The highest BCUT2D eigenvalue weighted by molar-refractivity contribution is 7.91. The minimum atomic E-state index is -3.64. The molecule has 0 spiro atoms. The third-order valence-corrected chi connectivity index (χ3v) is 7.34.